The highest BCUT2D eigenvalue weighted by atomic mass is 28.3. The van der Waals surface area contributed by atoms with Crippen LogP contribution in [0.15, 0.2) is 36.4 Å². The van der Waals surface area contributed by atoms with Crippen LogP contribution in [0.5, 0.6) is 0 Å². The van der Waals surface area contributed by atoms with Crippen LogP contribution < -0.4 is 0 Å². The highest BCUT2D eigenvalue weighted by molar-refractivity contribution is 6.85. The minimum Gasteiger partial charge on any atom is -0.127 e. The van der Waals surface area contributed by atoms with E-state index >= 15 is 0 Å². The molecule has 3 atom stereocenters. The molecule has 6 rings (SSSR count). The summed E-state index contributed by atoms with van der Waals surface area (Å²) in [5.74, 6) is 17.4. The average Bonchev–Trinajstić information content (AvgIpc) is 2.91. The van der Waals surface area contributed by atoms with Gasteiger partial charge in [-0.3, -0.25) is 0 Å². The van der Waals surface area contributed by atoms with Crippen molar-refractivity contribution in [2.45, 2.75) is 122 Å². The maximum atomic E-state index is 3.67. The molecule has 46 heavy (non-hydrogen) atoms. The lowest BCUT2D eigenvalue weighted by molar-refractivity contribution is -0.0280. The molecule has 0 aromatic heterocycles. The van der Waals surface area contributed by atoms with Crippen molar-refractivity contribution in [2.75, 3.05) is 0 Å². The van der Waals surface area contributed by atoms with Crippen LogP contribution in [-0.4, -0.2) is 32.3 Å². The molecular formula is C42H56Si4. The quantitative estimate of drug-likeness (QED) is 0.220. The van der Waals surface area contributed by atoms with Gasteiger partial charge in [-0.05, 0) is 103 Å². The van der Waals surface area contributed by atoms with Gasteiger partial charge in [-0.2, -0.15) is 0 Å². The summed E-state index contributed by atoms with van der Waals surface area (Å²) in [7, 11) is -6.10. The highest BCUT2D eigenvalue weighted by Crippen LogP contribution is 2.66. The summed E-state index contributed by atoms with van der Waals surface area (Å²) in [6.07, 6.45) is 6.69. The predicted octanol–water partition coefficient (Wildman–Crippen LogP) is 10.5. The van der Waals surface area contributed by atoms with E-state index in [0.717, 1.165) is 34.1 Å². The second-order valence-electron chi connectivity index (χ2n) is 18.9. The van der Waals surface area contributed by atoms with Crippen LogP contribution in [0.3, 0.4) is 0 Å². The molecule has 2 aromatic carbocycles. The van der Waals surface area contributed by atoms with Crippen LogP contribution in [0.1, 0.15) is 71.4 Å². The van der Waals surface area contributed by atoms with Crippen molar-refractivity contribution in [1.29, 1.82) is 0 Å². The van der Waals surface area contributed by atoms with Crippen molar-refractivity contribution < 1.29 is 0 Å². The molecule has 0 radical (unpaired) electrons. The Bertz CT molecular complexity index is 1640. The van der Waals surface area contributed by atoms with E-state index in [9.17, 15) is 0 Å². The topological polar surface area (TPSA) is 0 Å². The van der Waals surface area contributed by atoms with Crippen molar-refractivity contribution >= 4 is 32.3 Å². The van der Waals surface area contributed by atoms with E-state index in [1.807, 2.05) is 0 Å². The maximum Gasteiger partial charge on any atom is 0.129 e. The van der Waals surface area contributed by atoms with Crippen LogP contribution in [0, 0.1) is 63.6 Å². The Morgan fingerprint density at radius 2 is 0.826 bits per heavy atom. The first kappa shape index (κ1) is 34.9. The summed E-state index contributed by atoms with van der Waals surface area (Å²) in [5.41, 5.74) is 22.4. The molecule has 0 heterocycles. The van der Waals surface area contributed by atoms with Crippen LogP contribution in [0.4, 0.5) is 0 Å². The van der Waals surface area contributed by atoms with Gasteiger partial charge in [0.25, 0.3) is 0 Å². The van der Waals surface area contributed by atoms with Gasteiger partial charge in [0.2, 0.25) is 0 Å². The van der Waals surface area contributed by atoms with Gasteiger partial charge in [0.05, 0.1) is 0 Å². The lowest BCUT2D eigenvalue weighted by Crippen LogP contribution is -2.54. The number of benzene rings is 2. The molecule has 2 aromatic rings. The predicted molar refractivity (Wildman–Crippen MR) is 212 cm³/mol. The minimum absolute atomic E-state index is 0.107. The highest BCUT2D eigenvalue weighted by Gasteiger charge is 2.58. The molecule has 4 heteroatoms. The Hall–Kier alpha value is -2.45. The third kappa shape index (κ3) is 8.91. The van der Waals surface area contributed by atoms with Crippen LogP contribution in [0.2, 0.25) is 78.6 Å². The number of hydrogen-bond donors (Lipinski definition) is 0. The van der Waals surface area contributed by atoms with Crippen molar-refractivity contribution in [2.24, 2.45) is 17.8 Å². The summed E-state index contributed by atoms with van der Waals surface area (Å²) in [6, 6.07) is 14.4. The van der Waals surface area contributed by atoms with E-state index in [1.54, 1.807) is 0 Å². The van der Waals surface area contributed by atoms with E-state index in [2.05, 4.69) is 161 Å². The van der Waals surface area contributed by atoms with Crippen molar-refractivity contribution in [3.8, 4) is 45.9 Å². The van der Waals surface area contributed by atoms with Gasteiger partial charge in [-0.15, -0.1) is 22.2 Å². The molecule has 4 aliphatic rings. The van der Waals surface area contributed by atoms with E-state index in [-0.39, 0.29) is 5.41 Å². The van der Waals surface area contributed by atoms with Crippen LogP contribution >= 0.6 is 0 Å². The smallest absolute Gasteiger partial charge is 0.127 e. The molecule has 4 aliphatic carbocycles. The molecule has 4 bridgehead atoms. The first-order valence-corrected chi connectivity index (χ1v) is 31.6. The second-order valence-corrected chi connectivity index (χ2v) is 37.9. The molecule has 0 saturated heterocycles. The standard InChI is InChI=1S/C42H56Si4/c1-43(2,3)17-13-32-21-33(14-18-44(4,5)6)25-38(24-32)41-39-26-36-23-37(27-39)31-42(41,30-36)40-28-34(15-19-45(7,8)9)22-35(29-40)16-20-46(10,11)12/h21-22,24-25,28-29,36-37,39,41H,23,26-27,30-31H2,1-12H3. The zero-order valence-corrected chi connectivity index (χ0v) is 34.8. The molecule has 4 saturated carbocycles. The average molecular weight is 673 g/mol. The number of rotatable bonds is 2. The molecule has 0 spiro atoms. The van der Waals surface area contributed by atoms with Crippen molar-refractivity contribution in [1.82, 2.24) is 0 Å². The first-order chi connectivity index (χ1) is 21.2. The minimum atomic E-state index is -1.53. The molecule has 3 unspecified atom stereocenters. The Morgan fingerprint density at radius 3 is 1.17 bits per heavy atom. The van der Waals surface area contributed by atoms with E-state index < -0.39 is 32.3 Å². The van der Waals surface area contributed by atoms with Crippen molar-refractivity contribution in [3.63, 3.8) is 0 Å². The zero-order chi connectivity index (χ0) is 33.7. The van der Waals surface area contributed by atoms with Gasteiger partial charge in [-0.1, -0.05) is 102 Å². The van der Waals surface area contributed by atoms with Gasteiger partial charge in [-0.25, -0.2) is 0 Å². The molecule has 240 valence electrons. The maximum absolute atomic E-state index is 3.67. The Balaban J connectivity index is 1.73. The van der Waals surface area contributed by atoms with Gasteiger partial charge in [0.15, 0.2) is 0 Å². The van der Waals surface area contributed by atoms with Gasteiger partial charge >= 0.3 is 0 Å². The third-order valence-electron chi connectivity index (χ3n) is 9.46. The normalized spacial score (nSPS) is 25.2. The fraction of sp³-hybridized carbons (Fsp3) is 0.524. The first-order valence-electron chi connectivity index (χ1n) is 17.6. The summed E-state index contributed by atoms with van der Waals surface area (Å²) in [4.78, 5) is 0. The Labute approximate surface area is 286 Å². The largest absolute Gasteiger partial charge is 0.129 e. The third-order valence-corrected chi connectivity index (χ3v) is 13.0. The SMILES string of the molecule is C[Si](C)(C)C#Cc1cc(C#C[Si](C)(C)C)cc(C2C3CC4CC(C3)CC2(c2cc(C#C[Si](C)(C)C)cc(C#C[Si](C)(C)C)c2)C4)c1. The summed E-state index contributed by atoms with van der Waals surface area (Å²) >= 11 is 0. The second kappa shape index (κ2) is 12.5. The molecule has 0 aliphatic heterocycles. The lowest BCUT2D eigenvalue weighted by Gasteiger charge is -2.62. The van der Waals surface area contributed by atoms with E-state index in [4.69, 9.17) is 0 Å². The molecule has 4 fully saturated rings. The molecule has 0 N–H and O–H groups in total. The molecule has 0 nitrogen and oxygen atoms in total. The molecule has 0 amide bonds. The Kier molecular flexibility index (Phi) is 9.50. The van der Waals surface area contributed by atoms with Crippen molar-refractivity contribution in [3.05, 3.63) is 69.8 Å². The van der Waals surface area contributed by atoms with Crippen LogP contribution in [0.25, 0.3) is 0 Å². The monoisotopic (exact) mass is 672 g/mol. The summed E-state index contributed by atoms with van der Waals surface area (Å²) in [5, 5.41) is 0. The Morgan fingerprint density at radius 1 is 0.478 bits per heavy atom. The lowest BCUT2D eigenvalue weighted by atomic mass is 9.42. The van der Waals surface area contributed by atoms with Gasteiger partial charge in [0.1, 0.15) is 32.3 Å². The van der Waals surface area contributed by atoms with E-state index in [0.29, 0.717) is 11.8 Å². The molecular weight excluding hydrogens is 617 g/mol. The van der Waals surface area contributed by atoms with Crippen LogP contribution in [-0.2, 0) is 5.41 Å². The fourth-order valence-corrected chi connectivity index (χ4v) is 10.2. The summed E-state index contributed by atoms with van der Waals surface area (Å²) < 4.78 is 0. The van der Waals surface area contributed by atoms with E-state index in [1.165, 1.54) is 43.2 Å². The summed E-state index contributed by atoms with van der Waals surface area (Å²) in [6.45, 7) is 28.1. The number of hydrogen-bond acceptors (Lipinski definition) is 0. The fourth-order valence-electron chi connectivity index (χ4n) is 8.12. The van der Waals surface area contributed by atoms with Gasteiger partial charge < -0.3 is 0 Å². The zero-order valence-electron chi connectivity index (χ0n) is 30.8. The van der Waals surface area contributed by atoms with Gasteiger partial charge in [0, 0.05) is 27.7 Å².